The molecule has 1 aromatic carbocycles. The van der Waals surface area contributed by atoms with Gasteiger partial charge in [0.1, 0.15) is 0 Å². The summed E-state index contributed by atoms with van der Waals surface area (Å²) in [5.74, 6) is 2.17. The lowest BCUT2D eigenvalue weighted by Gasteiger charge is -2.27. The number of nitrogens with one attached hydrogen (secondary N) is 2. The minimum absolute atomic E-state index is 0.0370. The number of hydrogen-bond acceptors (Lipinski definition) is 4. The molecule has 0 unspecified atom stereocenters. The number of carbonyl (C=O) groups excluding carboxylic acids is 1. The zero-order valence-electron chi connectivity index (χ0n) is 13.4. The first-order valence-electron chi connectivity index (χ1n) is 8.17. The summed E-state index contributed by atoms with van der Waals surface area (Å²) >= 11 is 1.90. The third-order valence-corrected chi connectivity index (χ3v) is 4.78. The van der Waals surface area contributed by atoms with Crippen molar-refractivity contribution in [2.45, 2.75) is 19.1 Å². The van der Waals surface area contributed by atoms with Crippen molar-refractivity contribution in [3.05, 3.63) is 35.4 Å². The molecule has 1 aliphatic heterocycles. The molecule has 22 heavy (non-hydrogen) atoms. The molecule has 0 aromatic heterocycles. The van der Waals surface area contributed by atoms with Crippen molar-refractivity contribution < 1.29 is 4.79 Å². The molecule has 0 saturated carbocycles. The van der Waals surface area contributed by atoms with Crippen LogP contribution < -0.4 is 10.6 Å². The SMILES string of the molecule is CCSCc1ccc(C(=O)NCCCN2CCNCC2)cc1. The number of benzene rings is 1. The highest BCUT2D eigenvalue weighted by atomic mass is 32.2. The third kappa shape index (κ3) is 5.99. The van der Waals surface area contributed by atoms with E-state index in [0.29, 0.717) is 0 Å². The van der Waals surface area contributed by atoms with Crippen LogP contribution in [0.3, 0.4) is 0 Å². The Morgan fingerprint density at radius 2 is 2.00 bits per heavy atom. The molecule has 1 fully saturated rings. The van der Waals surface area contributed by atoms with Crippen LogP contribution in [0.4, 0.5) is 0 Å². The number of piperazine rings is 1. The van der Waals surface area contributed by atoms with Crippen molar-refractivity contribution in [3.8, 4) is 0 Å². The highest BCUT2D eigenvalue weighted by molar-refractivity contribution is 7.98. The van der Waals surface area contributed by atoms with E-state index in [1.165, 1.54) is 5.56 Å². The van der Waals surface area contributed by atoms with Gasteiger partial charge >= 0.3 is 0 Å². The molecule has 122 valence electrons. The van der Waals surface area contributed by atoms with E-state index in [0.717, 1.165) is 62.8 Å². The van der Waals surface area contributed by atoms with Gasteiger partial charge in [-0.3, -0.25) is 4.79 Å². The molecule has 0 atom stereocenters. The molecule has 1 aliphatic rings. The van der Waals surface area contributed by atoms with Crippen molar-refractivity contribution in [2.75, 3.05) is 45.0 Å². The van der Waals surface area contributed by atoms with Crippen molar-refractivity contribution in [2.24, 2.45) is 0 Å². The Bertz CT molecular complexity index is 444. The van der Waals surface area contributed by atoms with Crippen molar-refractivity contribution in [1.29, 1.82) is 0 Å². The topological polar surface area (TPSA) is 44.4 Å². The predicted octanol–water partition coefficient (Wildman–Crippen LogP) is 1.96. The van der Waals surface area contributed by atoms with Crippen LogP contribution in [0.1, 0.15) is 29.3 Å². The Hall–Kier alpha value is -1.04. The summed E-state index contributed by atoms with van der Waals surface area (Å²) in [6, 6.07) is 7.96. The van der Waals surface area contributed by atoms with Crippen LogP contribution >= 0.6 is 11.8 Å². The third-order valence-electron chi connectivity index (χ3n) is 3.84. The molecule has 1 saturated heterocycles. The number of amides is 1. The Labute approximate surface area is 138 Å². The fourth-order valence-corrected chi connectivity index (χ4v) is 3.15. The van der Waals surface area contributed by atoms with Crippen molar-refractivity contribution in [1.82, 2.24) is 15.5 Å². The zero-order valence-corrected chi connectivity index (χ0v) is 14.3. The van der Waals surface area contributed by atoms with E-state index in [2.05, 4.69) is 34.6 Å². The highest BCUT2D eigenvalue weighted by Crippen LogP contribution is 2.12. The second kappa shape index (κ2) is 9.87. The number of nitrogens with zero attached hydrogens (tertiary/aromatic N) is 1. The molecule has 0 bridgehead atoms. The molecule has 0 aliphatic carbocycles. The van der Waals surface area contributed by atoms with Crippen LogP contribution in [0.5, 0.6) is 0 Å². The van der Waals surface area contributed by atoms with Gasteiger partial charge in [0.2, 0.25) is 0 Å². The Morgan fingerprint density at radius 1 is 1.27 bits per heavy atom. The minimum atomic E-state index is 0.0370. The molecule has 0 radical (unpaired) electrons. The summed E-state index contributed by atoms with van der Waals surface area (Å²) in [5, 5.41) is 6.36. The van der Waals surface area contributed by atoms with E-state index in [4.69, 9.17) is 0 Å². The number of thioether (sulfide) groups is 1. The van der Waals surface area contributed by atoms with Gasteiger partial charge in [0, 0.05) is 44.0 Å². The maximum atomic E-state index is 12.1. The first kappa shape index (κ1) is 17.3. The summed E-state index contributed by atoms with van der Waals surface area (Å²) in [7, 11) is 0. The van der Waals surface area contributed by atoms with Crippen LogP contribution in [-0.2, 0) is 5.75 Å². The van der Waals surface area contributed by atoms with Crippen LogP contribution in [0.2, 0.25) is 0 Å². The van der Waals surface area contributed by atoms with Crippen LogP contribution in [-0.4, -0.2) is 55.8 Å². The average Bonchev–Trinajstić information content (AvgIpc) is 2.58. The van der Waals surface area contributed by atoms with Crippen LogP contribution in [0.15, 0.2) is 24.3 Å². The van der Waals surface area contributed by atoms with Gasteiger partial charge in [-0.1, -0.05) is 19.1 Å². The van der Waals surface area contributed by atoms with Crippen molar-refractivity contribution in [3.63, 3.8) is 0 Å². The van der Waals surface area contributed by atoms with Gasteiger partial charge < -0.3 is 15.5 Å². The second-order valence-electron chi connectivity index (χ2n) is 5.54. The summed E-state index contributed by atoms with van der Waals surface area (Å²) < 4.78 is 0. The minimum Gasteiger partial charge on any atom is -0.352 e. The lowest BCUT2D eigenvalue weighted by Crippen LogP contribution is -2.44. The summed E-state index contributed by atoms with van der Waals surface area (Å²) in [5.41, 5.74) is 2.04. The van der Waals surface area contributed by atoms with Crippen LogP contribution in [0.25, 0.3) is 0 Å². The van der Waals surface area contributed by atoms with Gasteiger partial charge in [-0.05, 0) is 36.4 Å². The molecular formula is C17H27N3OS. The summed E-state index contributed by atoms with van der Waals surface area (Å²) in [6.45, 7) is 8.36. The molecule has 2 rings (SSSR count). The monoisotopic (exact) mass is 321 g/mol. The fourth-order valence-electron chi connectivity index (χ4n) is 2.51. The summed E-state index contributed by atoms with van der Waals surface area (Å²) in [6.07, 6.45) is 1.01. The van der Waals surface area contributed by atoms with E-state index in [9.17, 15) is 4.79 Å². The van der Waals surface area contributed by atoms with E-state index >= 15 is 0 Å². The first-order chi connectivity index (χ1) is 10.8. The van der Waals surface area contributed by atoms with E-state index in [1.807, 2.05) is 23.9 Å². The zero-order chi connectivity index (χ0) is 15.6. The maximum Gasteiger partial charge on any atom is 0.251 e. The second-order valence-corrected chi connectivity index (χ2v) is 6.81. The van der Waals surface area contributed by atoms with Gasteiger partial charge in [-0.2, -0.15) is 11.8 Å². The molecule has 4 nitrogen and oxygen atoms in total. The fraction of sp³-hybridized carbons (Fsp3) is 0.588. The maximum absolute atomic E-state index is 12.1. The van der Waals surface area contributed by atoms with Crippen molar-refractivity contribution >= 4 is 17.7 Å². The number of rotatable bonds is 8. The molecule has 2 N–H and O–H groups in total. The lowest BCUT2D eigenvalue weighted by molar-refractivity contribution is 0.0951. The van der Waals surface area contributed by atoms with E-state index in [-0.39, 0.29) is 5.91 Å². The van der Waals surface area contributed by atoms with E-state index in [1.54, 1.807) is 0 Å². The quantitative estimate of drug-likeness (QED) is 0.719. The van der Waals surface area contributed by atoms with Gasteiger partial charge in [0.15, 0.2) is 0 Å². The molecule has 0 spiro atoms. The largest absolute Gasteiger partial charge is 0.352 e. The molecular weight excluding hydrogens is 294 g/mol. The molecule has 1 amide bonds. The number of carbonyl (C=O) groups is 1. The van der Waals surface area contributed by atoms with Crippen LogP contribution in [0, 0.1) is 0 Å². The molecule has 1 aromatic rings. The van der Waals surface area contributed by atoms with Gasteiger partial charge in [0.25, 0.3) is 5.91 Å². The van der Waals surface area contributed by atoms with Gasteiger partial charge in [-0.25, -0.2) is 0 Å². The standard InChI is InChI=1S/C17H27N3OS/c1-2-22-14-15-4-6-16(7-5-15)17(21)19-8-3-11-20-12-9-18-10-13-20/h4-7,18H,2-3,8-14H2,1H3,(H,19,21). The Balaban J connectivity index is 1.65. The number of hydrogen-bond donors (Lipinski definition) is 2. The van der Waals surface area contributed by atoms with Gasteiger partial charge in [0.05, 0.1) is 0 Å². The average molecular weight is 321 g/mol. The lowest BCUT2D eigenvalue weighted by atomic mass is 10.1. The Morgan fingerprint density at radius 3 is 2.68 bits per heavy atom. The normalized spacial score (nSPS) is 15.7. The molecule has 1 heterocycles. The predicted molar refractivity (Wildman–Crippen MR) is 94.5 cm³/mol. The summed E-state index contributed by atoms with van der Waals surface area (Å²) in [4.78, 5) is 14.5. The first-order valence-corrected chi connectivity index (χ1v) is 9.33. The molecule has 5 heteroatoms. The van der Waals surface area contributed by atoms with E-state index < -0.39 is 0 Å². The smallest absolute Gasteiger partial charge is 0.251 e. The van der Waals surface area contributed by atoms with Gasteiger partial charge in [-0.15, -0.1) is 0 Å². The Kier molecular flexibility index (Phi) is 7.77. The highest BCUT2D eigenvalue weighted by Gasteiger charge is 2.09.